The van der Waals surface area contributed by atoms with Crippen LogP contribution in [-0.2, 0) is 18.6 Å². The summed E-state index contributed by atoms with van der Waals surface area (Å²) in [6.45, 7) is 4.00. The van der Waals surface area contributed by atoms with Gasteiger partial charge in [-0.15, -0.1) is 0 Å². The van der Waals surface area contributed by atoms with Crippen molar-refractivity contribution in [3.63, 3.8) is 0 Å². The molecule has 11 heteroatoms. The molecule has 0 amide bonds. The fourth-order valence-corrected chi connectivity index (χ4v) is 4.72. The number of nitrogens with one attached hydrogen (secondary N) is 1. The van der Waals surface area contributed by atoms with Crippen LogP contribution in [0.15, 0.2) is 85.8 Å². The number of nitrogens with zero attached hydrogens (tertiary/aromatic N) is 6. The Labute approximate surface area is 287 Å². The van der Waals surface area contributed by atoms with Gasteiger partial charge in [-0.2, -0.15) is 15.6 Å². The van der Waals surface area contributed by atoms with E-state index in [0.29, 0.717) is 21.2 Å². The molecule has 7 nitrogen and oxygen atoms in total. The zero-order valence-electron chi connectivity index (χ0n) is 22.6. The second-order valence-corrected chi connectivity index (χ2v) is 9.71. The summed E-state index contributed by atoms with van der Waals surface area (Å²) in [4.78, 5) is 10.5. The Morgan fingerprint density at radius 3 is 2.05 bits per heavy atom. The van der Waals surface area contributed by atoms with Gasteiger partial charge in [0.15, 0.2) is 5.82 Å². The molecule has 0 unspecified atom stereocenters. The van der Waals surface area contributed by atoms with E-state index < -0.39 is 0 Å². The third-order valence-electron chi connectivity index (χ3n) is 6.35. The van der Waals surface area contributed by atoms with Crippen LogP contribution in [0.5, 0.6) is 0 Å². The number of aromatic amines is 1. The van der Waals surface area contributed by atoms with E-state index in [-0.39, 0.29) is 26.0 Å². The summed E-state index contributed by atoms with van der Waals surface area (Å²) in [7, 11) is 0. The zero-order chi connectivity index (χ0) is 29.5. The molecule has 43 heavy (non-hydrogen) atoms. The molecule has 0 fully saturated rings. The van der Waals surface area contributed by atoms with E-state index >= 15 is 0 Å². The second-order valence-electron chi connectivity index (χ2n) is 8.84. The van der Waals surface area contributed by atoms with Gasteiger partial charge in [0.2, 0.25) is 0 Å². The van der Waals surface area contributed by atoms with Crippen molar-refractivity contribution in [1.29, 1.82) is 10.5 Å². The SMILES string of the molecule is C.Cc1ccc(Cl)cc1-c1c[nH]cc1C#N.Cc1ccc(Cl)cc1-c1cn(-c2ncnn3cccc23)cc1C#N.[CH2-]I.[V]. The minimum Gasteiger partial charge on any atom is -0.366 e. The first-order valence-electron chi connectivity index (χ1n) is 12.2. The maximum absolute atomic E-state index is 9.54. The normalized spacial score (nSPS) is 9.67. The van der Waals surface area contributed by atoms with Crippen LogP contribution >= 0.6 is 45.8 Å². The van der Waals surface area contributed by atoms with Crippen molar-refractivity contribution >= 4 is 51.3 Å². The van der Waals surface area contributed by atoms with Crippen LogP contribution in [0, 0.1) is 41.4 Å². The average Bonchev–Trinajstić information content (AvgIpc) is 3.76. The summed E-state index contributed by atoms with van der Waals surface area (Å²) in [5.41, 5.74) is 7.92. The number of halogens is 3. The molecule has 0 atom stereocenters. The Hall–Kier alpha value is -3.51. The van der Waals surface area contributed by atoms with Crippen LogP contribution in [0.1, 0.15) is 29.7 Å². The van der Waals surface area contributed by atoms with Crippen molar-refractivity contribution in [2.45, 2.75) is 21.3 Å². The maximum atomic E-state index is 9.54. The fourth-order valence-electron chi connectivity index (χ4n) is 4.38. The molecule has 0 saturated carbocycles. The minimum atomic E-state index is 0. The number of hydrogen-bond donors (Lipinski definition) is 1. The molecule has 2 aromatic carbocycles. The van der Waals surface area contributed by atoms with Crippen LogP contribution < -0.4 is 0 Å². The molecular weight excluding hydrogens is 731 g/mol. The first kappa shape index (κ1) is 35.7. The van der Waals surface area contributed by atoms with Crippen LogP contribution in [-0.4, -0.2) is 24.1 Å². The quantitative estimate of drug-likeness (QED) is 0.144. The van der Waals surface area contributed by atoms with Crippen LogP contribution in [0.25, 0.3) is 33.6 Å². The Balaban J connectivity index is 0.000000296. The smallest absolute Gasteiger partial charge is 0.164 e. The van der Waals surface area contributed by atoms with Crippen molar-refractivity contribution < 1.29 is 18.6 Å². The molecule has 0 aliphatic heterocycles. The van der Waals surface area contributed by atoms with E-state index in [1.807, 2.05) is 108 Å². The number of benzene rings is 2. The van der Waals surface area contributed by atoms with Gasteiger partial charge in [-0.05, 0) is 72.5 Å². The Bertz CT molecular complexity index is 1910. The standard InChI is InChI=1S/C18H12ClN5.C12H9ClN2.CH2I.CH4.V/c1-12-4-5-14(19)7-15(12)16-10-23(9-13(16)8-20)18-17-3-2-6-24(17)22-11-21-18;1-8-2-3-10(13)4-11(8)12-7-15-6-9(12)5-14;1-2;;/h2-7,9-11H,1H3;2-4,6-7,15H,1H3;1H2;1H4;/q;;-1;;. The predicted octanol–water partition coefficient (Wildman–Crippen LogP) is 9.38. The number of nitriles is 2. The summed E-state index contributed by atoms with van der Waals surface area (Å²) < 4.78 is 3.60. The summed E-state index contributed by atoms with van der Waals surface area (Å²) in [6.07, 6.45) is 10.6. The van der Waals surface area contributed by atoms with E-state index in [4.69, 9.17) is 28.5 Å². The number of H-pyrrole nitrogens is 1. The molecule has 4 aromatic heterocycles. The fraction of sp³-hybridized carbons (Fsp3) is 0.0938. The van der Waals surface area contributed by atoms with Crippen molar-refractivity contribution in [2.75, 3.05) is 0 Å². The number of fused-ring (bicyclic) bond motifs is 1. The maximum Gasteiger partial charge on any atom is 0.164 e. The molecule has 4 heterocycles. The second kappa shape index (κ2) is 16.4. The van der Waals surface area contributed by atoms with Crippen molar-refractivity contribution in [3.05, 3.63) is 123 Å². The molecule has 0 saturated heterocycles. The van der Waals surface area contributed by atoms with Crippen LogP contribution in [0.4, 0.5) is 0 Å². The minimum absolute atomic E-state index is 0. The molecule has 0 bridgehead atoms. The summed E-state index contributed by atoms with van der Waals surface area (Å²) in [6, 6.07) is 19.6. The van der Waals surface area contributed by atoms with E-state index in [1.165, 1.54) is 6.33 Å². The molecule has 0 aliphatic carbocycles. The Morgan fingerprint density at radius 1 is 0.837 bits per heavy atom. The number of hydrogen-bond acceptors (Lipinski definition) is 4. The van der Waals surface area contributed by atoms with Crippen molar-refractivity contribution in [2.24, 2.45) is 0 Å². The predicted molar refractivity (Wildman–Crippen MR) is 179 cm³/mol. The van der Waals surface area contributed by atoms with Gasteiger partial charge in [-0.25, -0.2) is 9.50 Å². The molecule has 0 aliphatic rings. The molecule has 6 rings (SSSR count). The topological polar surface area (TPSA) is 98.5 Å². The van der Waals surface area contributed by atoms with Gasteiger partial charge in [0.25, 0.3) is 0 Å². The van der Waals surface area contributed by atoms with Gasteiger partial charge < -0.3 is 32.1 Å². The van der Waals surface area contributed by atoms with E-state index in [0.717, 1.165) is 44.7 Å². The van der Waals surface area contributed by atoms with Gasteiger partial charge >= 0.3 is 0 Å². The van der Waals surface area contributed by atoms with Crippen molar-refractivity contribution in [1.82, 2.24) is 24.1 Å². The van der Waals surface area contributed by atoms with Crippen molar-refractivity contribution in [3.8, 4) is 40.2 Å². The monoisotopic (exact) mass is 757 g/mol. The molecular formula is C32H27Cl2IN7V-. The number of aromatic nitrogens is 5. The third kappa shape index (κ3) is 7.91. The van der Waals surface area contributed by atoms with Gasteiger partial charge in [0.1, 0.15) is 24.0 Å². The number of aryl methyl sites for hydroxylation is 2. The van der Waals surface area contributed by atoms with Gasteiger partial charge in [0, 0.05) is 70.7 Å². The average molecular weight is 758 g/mol. The van der Waals surface area contributed by atoms with Gasteiger partial charge in [0.05, 0.1) is 11.1 Å². The van der Waals surface area contributed by atoms with E-state index in [1.54, 1.807) is 16.9 Å². The molecule has 6 aromatic rings. The molecule has 217 valence electrons. The summed E-state index contributed by atoms with van der Waals surface area (Å²) in [5.74, 6) is 0.720. The summed E-state index contributed by atoms with van der Waals surface area (Å²) >= 11 is 14.0. The molecule has 1 N–H and O–H groups in total. The molecule has 1 radical (unpaired) electrons. The van der Waals surface area contributed by atoms with Gasteiger partial charge in [-0.3, -0.25) is 4.93 Å². The first-order valence-corrected chi connectivity index (χ1v) is 14.4. The zero-order valence-corrected chi connectivity index (χ0v) is 27.6. The largest absolute Gasteiger partial charge is 0.366 e. The Morgan fingerprint density at radius 2 is 1.44 bits per heavy atom. The Kier molecular flexibility index (Phi) is 13.6. The summed E-state index contributed by atoms with van der Waals surface area (Å²) in [5, 5.41) is 24.0. The van der Waals surface area contributed by atoms with Crippen LogP contribution in [0.3, 0.4) is 0 Å². The van der Waals surface area contributed by atoms with Gasteiger partial charge in [-0.1, -0.05) is 42.8 Å². The third-order valence-corrected chi connectivity index (χ3v) is 6.82. The number of rotatable bonds is 3. The van der Waals surface area contributed by atoms with Crippen LogP contribution in [0.2, 0.25) is 10.0 Å². The van der Waals surface area contributed by atoms with E-state index in [2.05, 4.69) is 32.1 Å². The van der Waals surface area contributed by atoms with E-state index in [9.17, 15) is 5.26 Å². The molecule has 0 spiro atoms. The first-order chi connectivity index (χ1) is 19.9.